The fraction of sp³-hybridized carbons (Fsp3) is 0.105. The van der Waals surface area contributed by atoms with Gasteiger partial charge in [0.05, 0.1) is 16.4 Å². The summed E-state index contributed by atoms with van der Waals surface area (Å²) < 4.78 is 7.08. The zero-order valence-corrected chi connectivity index (χ0v) is 15.8. The van der Waals surface area contributed by atoms with Gasteiger partial charge in [-0.15, -0.1) is 16.4 Å². The van der Waals surface area contributed by atoms with Gasteiger partial charge in [0.1, 0.15) is 12.1 Å². The van der Waals surface area contributed by atoms with Crippen molar-refractivity contribution in [2.45, 2.75) is 6.92 Å². The summed E-state index contributed by atoms with van der Waals surface area (Å²) in [5.41, 5.74) is 3.36. The van der Waals surface area contributed by atoms with Crippen LogP contribution < -0.4 is 10.1 Å². The number of amides is 1. The summed E-state index contributed by atoms with van der Waals surface area (Å²) in [5.74, 6) is 0.342. The largest absolute Gasteiger partial charge is 0.484 e. The van der Waals surface area contributed by atoms with Gasteiger partial charge in [0, 0.05) is 16.6 Å². The first-order valence-electron chi connectivity index (χ1n) is 8.46. The molecule has 0 aliphatic heterocycles. The molecule has 9 heteroatoms. The molecular weight excluding hydrogens is 376 g/mol. The van der Waals surface area contributed by atoms with Crippen molar-refractivity contribution in [1.82, 2.24) is 25.2 Å². The van der Waals surface area contributed by atoms with Crippen LogP contribution >= 0.6 is 11.3 Å². The Labute approximate surface area is 164 Å². The Morgan fingerprint density at radius 1 is 1.21 bits per heavy atom. The first-order chi connectivity index (χ1) is 13.7. The first kappa shape index (κ1) is 17.8. The number of aryl methyl sites for hydroxylation is 1. The van der Waals surface area contributed by atoms with Crippen LogP contribution in [-0.2, 0) is 4.79 Å². The number of nitrogens with one attached hydrogen (secondary N) is 1. The molecule has 2 aromatic carbocycles. The molecule has 0 saturated heterocycles. The van der Waals surface area contributed by atoms with Crippen molar-refractivity contribution in [2.75, 3.05) is 11.9 Å². The van der Waals surface area contributed by atoms with E-state index in [1.807, 2.05) is 48.7 Å². The third-order valence-electron chi connectivity index (χ3n) is 3.88. The quantitative estimate of drug-likeness (QED) is 0.542. The maximum absolute atomic E-state index is 12.2. The average molecular weight is 392 g/mol. The van der Waals surface area contributed by atoms with E-state index >= 15 is 0 Å². The number of ether oxygens (including phenoxy) is 1. The molecule has 4 aromatic rings. The van der Waals surface area contributed by atoms with Crippen molar-refractivity contribution >= 4 is 22.9 Å². The highest BCUT2D eigenvalue weighted by Crippen LogP contribution is 2.24. The molecular formula is C19H16N6O2S. The van der Waals surface area contributed by atoms with E-state index in [9.17, 15) is 4.79 Å². The van der Waals surface area contributed by atoms with E-state index in [0.29, 0.717) is 11.4 Å². The highest BCUT2D eigenvalue weighted by molar-refractivity contribution is 7.09. The Morgan fingerprint density at radius 2 is 2.07 bits per heavy atom. The summed E-state index contributed by atoms with van der Waals surface area (Å²) in [6, 6.07) is 14.7. The molecule has 0 fully saturated rings. The number of anilines is 1. The van der Waals surface area contributed by atoms with Crippen molar-refractivity contribution in [1.29, 1.82) is 0 Å². The van der Waals surface area contributed by atoms with E-state index in [-0.39, 0.29) is 12.5 Å². The summed E-state index contributed by atoms with van der Waals surface area (Å²) >= 11 is 1.59. The lowest BCUT2D eigenvalue weighted by Crippen LogP contribution is -2.20. The molecule has 0 saturated carbocycles. The van der Waals surface area contributed by atoms with Crippen LogP contribution in [0.4, 0.5) is 5.69 Å². The number of benzene rings is 2. The van der Waals surface area contributed by atoms with Crippen LogP contribution in [0.25, 0.3) is 16.9 Å². The SMILES string of the molecule is Cc1nc(-c2cccc(NC(=O)COc3ccc(-n4cnnn4)cc3)c2)cs1. The van der Waals surface area contributed by atoms with Crippen molar-refractivity contribution in [2.24, 2.45) is 0 Å². The summed E-state index contributed by atoms with van der Waals surface area (Å²) in [6.07, 6.45) is 1.50. The maximum Gasteiger partial charge on any atom is 0.262 e. The zero-order chi connectivity index (χ0) is 19.3. The normalized spacial score (nSPS) is 10.6. The summed E-state index contributed by atoms with van der Waals surface area (Å²) in [4.78, 5) is 16.7. The highest BCUT2D eigenvalue weighted by atomic mass is 32.1. The van der Waals surface area contributed by atoms with E-state index in [1.165, 1.54) is 11.0 Å². The molecule has 8 nitrogen and oxygen atoms in total. The monoisotopic (exact) mass is 392 g/mol. The van der Waals surface area contributed by atoms with Crippen LogP contribution in [0.15, 0.2) is 60.2 Å². The Kier molecular flexibility index (Phi) is 5.07. The number of thiazole rings is 1. The topological polar surface area (TPSA) is 94.8 Å². The van der Waals surface area contributed by atoms with Crippen molar-refractivity contribution in [3.05, 3.63) is 65.2 Å². The Balaban J connectivity index is 1.34. The number of tetrazole rings is 1. The van der Waals surface area contributed by atoms with E-state index in [2.05, 4.69) is 25.8 Å². The molecule has 4 rings (SSSR count). The molecule has 2 heterocycles. The minimum atomic E-state index is -0.240. The lowest BCUT2D eigenvalue weighted by Gasteiger charge is -2.09. The number of nitrogens with zero attached hydrogens (tertiary/aromatic N) is 5. The molecule has 0 aliphatic carbocycles. The number of hydrogen-bond donors (Lipinski definition) is 1. The first-order valence-corrected chi connectivity index (χ1v) is 9.34. The molecule has 1 amide bonds. The summed E-state index contributed by atoms with van der Waals surface area (Å²) in [5, 5.41) is 16.8. The molecule has 28 heavy (non-hydrogen) atoms. The molecule has 2 aromatic heterocycles. The summed E-state index contributed by atoms with van der Waals surface area (Å²) in [6.45, 7) is 1.87. The fourth-order valence-electron chi connectivity index (χ4n) is 2.57. The Bertz CT molecular complexity index is 1080. The van der Waals surface area contributed by atoms with Crippen LogP contribution in [0.2, 0.25) is 0 Å². The second-order valence-electron chi connectivity index (χ2n) is 5.92. The minimum Gasteiger partial charge on any atom is -0.484 e. The zero-order valence-electron chi connectivity index (χ0n) is 14.9. The number of rotatable bonds is 6. The van der Waals surface area contributed by atoms with Gasteiger partial charge in [-0.3, -0.25) is 4.79 Å². The van der Waals surface area contributed by atoms with E-state index in [0.717, 1.165) is 22.0 Å². The Morgan fingerprint density at radius 3 is 2.79 bits per heavy atom. The van der Waals surface area contributed by atoms with Gasteiger partial charge in [-0.25, -0.2) is 9.67 Å². The van der Waals surface area contributed by atoms with Gasteiger partial charge < -0.3 is 10.1 Å². The lowest BCUT2D eigenvalue weighted by atomic mass is 10.1. The van der Waals surface area contributed by atoms with Gasteiger partial charge in [0.25, 0.3) is 5.91 Å². The van der Waals surface area contributed by atoms with E-state index < -0.39 is 0 Å². The number of aromatic nitrogens is 5. The smallest absolute Gasteiger partial charge is 0.262 e. The van der Waals surface area contributed by atoms with Gasteiger partial charge in [0.15, 0.2) is 6.61 Å². The second-order valence-corrected chi connectivity index (χ2v) is 6.98. The minimum absolute atomic E-state index is 0.0930. The van der Waals surface area contributed by atoms with Crippen LogP contribution in [-0.4, -0.2) is 37.7 Å². The molecule has 1 N–H and O–H groups in total. The molecule has 140 valence electrons. The van der Waals surface area contributed by atoms with Gasteiger partial charge in [-0.2, -0.15) is 0 Å². The maximum atomic E-state index is 12.2. The molecule has 0 atom stereocenters. The Hall–Kier alpha value is -3.59. The standard InChI is InChI=1S/C19H16N6O2S/c1-13-21-18(11-28-13)14-3-2-4-15(9-14)22-19(26)10-27-17-7-5-16(6-8-17)25-12-20-23-24-25/h2-9,11-12H,10H2,1H3,(H,22,26). The lowest BCUT2D eigenvalue weighted by molar-refractivity contribution is -0.118. The van der Waals surface area contributed by atoms with E-state index in [1.54, 1.807) is 23.5 Å². The van der Waals surface area contributed by atoms with Gasteiger partial charge >= 0.3 is 0 Å². The average Bonchev–Trinajstić information content (AvgIpc) is 3.39. The summed E-state index contributed by atoms with van der Waals surface area (Å²) in [7, 11) is 0. The van der Waals surface area contributed by atoms with Crippen LogP contribution in [0, 0.1) is 6.92 Å². The molecule has 0 radical (unpaired) electrons. The van der Waals surface area contributed by atoms with Crippen molar-refractivity contribution in [3.63, 3.8) is 0 Å². The van der Waals surface area contributed by atoms with E-state index in [4.69, 9.17) is 4.74 Å². The van der Waals surface area contributed by atoms with Crippen LogP contribution in [0.1, 0.15) is 5.01 Å². The van der Waals surface area contributed by atoms with Crippen LogP contribution in [0.3, 0.4) is 0 Å². The molecule has 0 unspecified atom stereocenters. The fourth-order valence-corrected chi connectivity index (χ4v) is 3.19. The second kappa shape index (κ2) is 7.97. The predicted molar refractivity (Wildman–Crippen MR) is 106 cm³/mol. The highest BCUT2D eigenvalue weighted by Gasteiger charge is 2.07. The third-order valence-corrected chi connectivity index (χ3v) is 4.65. The predicted octanol–water partition coefficient (Wildman–Crippen LogP) is 3.11. The third kappa shape index (κ3) is 4.21. The van der Waals surface area contributed by atoms with Crippen molar-refractivity contribution in [3.8, 4) is 22.7 Å². The molecule has 0 spiro atoms. The van der Waals surface area contributed by atoms with Gasteiger partial charge in [-0.05, 0) is 53.7 Å². The molecule has 0 aliphatic rings. The van der Waals surface area contributed by atoms with Gasteiger partial charge in [0.2, 0.25) is 0 Å². The number of carbonyl (C=O) groups excluding carboxylic acids is 1. The molecule has 0 bridgehead atoms. The number of carbonyl (C=O) groups is 1. The van der Waals surface area contributed by atoms with Gasteiger partial charge in [-0.1, -0.05) is 12.1 Å². The van der Waals surface area contributed by atoms with Crippen LogP contribution in [0.5, 0.6) is 5.75 Å². The van der Waals surface area contributed by atoms with Crippen molar-refractivity contribution < 1.29 is 9.53 Å². The number of hydrogen-bond acceptors (Lipinski definition) is 7.